The van der Waals surface area contributed by atoms with Crippen molar-refractivity contribution in [3.8, 4) is 5.75 Å². The first-order valence-corrected chi connectivity index (χ1v) is 8.94. The molecule has 1 aromatic rings. The molecular formula is C19H23F3N2O3. The number of halogens is 3. The Balaban J connectivity index is 2.18. The molecule has 1 saturated heterocycles. The van der Waals surface area contributed by atoms with Gasteiger partial charge in [-0.15, -0.1) is 0 Å². The minimum absolute atomic E-state index is 0.0972. The average Bonchev–Trinajstić information content (AvgIpc) is 2.99. The minimum atomic E-state index is -4.48. The molecule has 148 valence electrons. The van der Waals surface area contributed by atoms with E-state index in [0.717, 1.165) is 12.1 Å². The van der Waals surface area contributed by atoms with Crippen molar-refractivity contribution in [2.24, 2.45) is 0 Å². The fourth-order valence-electron chi connectivity index (χ4n) is 3.48. The van der Waals surface area contributed by atoms with E-state index in [1.807, 2.05) is 20.8 Å². The molecular weight excluding hydrogens is 361 g/mol. The second-order valence-electron chi connectivity index (χ2n) is 7.05. The molecule has 2 aliphatic heterocycles. The smallest absolute Gasteiger partial charge is 0.416 e. The fraction of sp³-hybridized carbons (Fsp3) is 0.526. The van der Waals surface area contributed by atoms with E-state index >= 15 is 0 Å². The van der Waals surface area contributed by atoms with Gasteiger partial charge in [-0.25, -0.2) is 0 Å². The molecule has 2 aliphatic rings. The largest absolute Gasteiger partial charge is 0.483 e. The van der Waals surface area contributed by atoms with Gasteiger partial charge in [0.2, 0.25) is 5.91 Å². The van der Waals surface area contributed by atoms with Crippen LogP contribution in [0.5, 0.6) is 5.75 Å². The minimum Gasteiger partial charge on any atom is -0.483 e. The number of hydrogen-bond donors (Lipinski definition) is 1. The van der Waals surface area contributed by atoms with Crippen LogP contribution in [0.15, 0.2) is 23.8 Å². The van der Waals surface area contributed by atoms with Crippen molar-refractivity contribution >= 4 is 11.6 Å². The van der Waals surface area contributed by atoms with Crippen molar-refractivity contribution in [2.45, 2.75) is 45.4 Å². The predicted octanol–water partition coefficient (Wildman–Crippen LogP) is 3.75. The van der Waals surface area contributed by atoms with Crippen LogP contribution in [-0.4, -0.2) is 36.1 Å². The third-order valence-electron chi connectivity index (χ3n) is 4.78. The lowest BCUT2D eigenvalue weighted by Gasteiger charge is -2.39. The van der Waals surface area contributed by atoms with Gasteiger partial charge < -0.3 is 14.5 Å². The van der Waals surface area contributed by atoms with Gasteiger partial charge in [-0.05, 0) is 45.4 Å². The van der Waals surface area contributed by atoms with Gasteiger partial charge in [0.05, 0.1) is 17.9 Å². The van der Waals surface area contributed by atoms with E-state index in [9.17, 15) is 18.0 Å². The zero-order valence-electron chi connectivity index (χ0n) is 15.6. The SMILES string of the molecule is CCONCC1=C(N2CCCC2=O)c2cc(C(F)(F)F)ccc2OC1(C)C. The summed E-state index contributed by atoms with van der Waals surface area (Å²) in [6, 6.07) is 3.39. The van der Waals surface area contributed by atoms with E-state index in [-0.39, 0.29) is 18.0 Å². The number of nitrogens with zero attached hydrogens (tertiary/aromatic N) is 1. The first kappa shape index (κ1) is 19.7. The summed E-state index contributed by atoms with van der Waals surface area (Å²) in [7, 11) is 0. The summed E-state index contributed by atoms with van der Waals surface area (Å²) >= 11 is 0. The van der Waals surface area contributed by atoms with E-state index in [0.29, 0.717) is 43.0 Å². The predicted molar refractivity (Wildman–Crippen MR) is 93.6 cm³/mol. The van der Waals surface area contributed by atoms with Gasteiger partial charge in [-0.3, -0.25) is 4.79 Å². The van der Waals surface area contributed by atoms with Crippen LogP contribution < -0.4 is 10.2 Å². The molecule has 2 heterocycles. The van der Waals surface area contributed by atoms with Gasteiger partial charge >= 0.3 is 6.18 Å². The molecule has 0 aliphatic carbocycles. The molecule has 0 saturated carbocycles. The van der Waals surface area contributed by atoms with Gasteiger partial charge in [-0.1, -0.05) is 0 Å². The van der Waals surface area contributed by atoms with Crippen molar-refractivity contribution in [1.82, 2.24) is 10.4 Å². The summed E-state index contributed by atoms with van der Waals surface area (Å²) < 4.78 is 45.8. The molecule has 0 atom stereocenters. The number of nitrogens with one attached hydrogen (secondary N) is 1. The van der Waals surface area contributed by atoms with E-state index in [4.69, 9.17) is 9.57 Å². The maximum Gasteiger partial charge on any atom is 0.416 e. The Morgan fingerprint density at radius 2 is 2.07 bits per heavy atom. The fourth-order valence-corrected chi connectivity index (χ4v) is 3.48. The summed E-state index contributed by atoms with van der Waals surface area (Å²) in [6.07, 6.45) is -3.43. The monoisotopic (exact) mass is 384 g/mol. The lowest BCUT2D eigenvalue weighted by atomic mass is 9.88. The van der Waals surface area contributed by atoms with Gasteiger partial charge in [0, 0.05) is 30.6 Å². The van der Waals surface area contributed by atoms with E-state index in [2.05, 4.69) is 5.48 Å². The molecule has 27 heavy (non-hydrogen) atoms. The maximum atomic E-state index is 13.3. The van der Waals surface area contributed by atoms with Crippen LogP contribution in [0.2, 0.25) is 0 Å². The molecule has 1 amide bonds. The molecule has 1 aromatic carbocycles. The molecule has 1 fully saturated rings. The summed E-state index contributed by atoms with van der Waals surface area (Å²) in [4.78, 5) is 19.2. The second kappa shape index (κ2) is 7.16. The Morgan fingerprint density at radius 3 is 2.67 bits per heavy atom. The molecule has 8 heteroatoms. The number of benzene rings is 1. The Labute approximate surface area is 156 Å². The molecule has 1 N–H and O–H groups in total. The third kappa shape index (κ3) is 3.82. The number of carbonyl (C=O) groups excluding carboxylic acids is 1. The Hall–Kier alpha value is -2.06. The maximum absolute atomic E-state index is 13.3. The zero-order chi connectivity index (χ0) is 19.8. The van der Waals surface area contributed by atoms with Gasteiger partial charge in [0.25, 0.3) is 0 Å². The number of ether oxygens (including phenoxy) is 1. The number of likely N-dealkylation sites (tertiary alicyclic amines) is 1. The van der Waals surface area contributed by atoms with Crippen LogP contribution in [0.1, 0.15) is 44.7 Å². The zero-order valence-corrected chi connectivity index (χ0v) is 15.6. The number of rotatable bonds is 5. The lowest BCUT2D eigenvalue weighted by molar-refractivity contribution is -0.137. The summed E-state index contributed by atoms with van der Waals surface area (Å²) in [6.45, 7) is 6.61. The van der Waals surface area contributed by atoms with Crippen molar-refractivity contribution in [1.29, 1.82) is 0 Å². The summed E-state index contributed by atoms with van der Waals surface area (Å²) in [5.74, 6) is 0.239. The number of fused-ring (bicyclic) bond motifs is 1. The summed E-state index contributed by atoms with van der Waals surface area (Å²) in [5.41, 5.74) is 2.68. The molecule has 5 nitrogen and oxygen atoms in total. The van der Waals surface area contributed by atoms with Crippen LogP contribution >= 0.6 is 0 Å². The third-order valence-corrected chi connectivity index (χ3v) is 4.78. The highest BCUT2D eigenvalue weighted by atomic mass is 19.4. The molecule has 0 aromatic heterocycles. The van der Waals surface area contributed by atoms with Crippen molar-refractivity contribution in [3.05, 3.63) is 34.9 Å². The number of hydrogen-bond acceptors (Lipinski definition) is 4. The van der Waals surface area contributed by atoms with E-state index in [1.165, 1.54) is 6.07 Å². The highest BCUT2D eigenvalue weighted by Gasteiger charge is 2.41. The van der Waals surface area contributed by atoms with Crippen molar-refractivity contribution in [3.63, 3.8) is 0 Å². The number of carbonyl (C=O) groups is 1. The van der Waals surface area contributed by atoms with Crippen LogP contribution in [-0.2, 0) is 15.8 Å². The van der Waals surface area contributed by atoms with Crippen molar-refractivity contribution < 1.29 is 27.5 Å². The number of hydroxylamine groups is 1. The average molecular weight is 384 g/mol. The summed E-state index contributed by atoms with van der Waals surface area (Å²) in [5, 5.41) is 0. The second-order valence-corrected chi connectivity index (χ2v) is 7.05. The quantitative estimate of drug-likeness (QED) is 0.621. The number of amides is 1. The van der Waals surface area contributed by atoms with E-state index in [1.54, 1.807) is 4.90 Å². The number of alkyl halides is 3. The normalized spacial score (nSPS) is 19.3. The molecule has 0 spiro atoms. The molecule has 3 rings (SSSR count). The van der Waals surface area contributed by atoms with Crippen LogP contribution in [0.3, 0.4) is 0 Å². The highest BCUT2D eigenvalue weighted by Crippen LogP contribution is 2.45. The standard InChI is InChI=1S/C19H23F3N2O3/c1-4-26-23-11-14-17(24-9-5-6-16(24)25)13-10-12(19(20,21)22)7-8-15(13)27-18(14,2)3/h7-8,10,23H,4-6,9,11H2,1-3H3. The van der Waals surface area contributed by atoms with Crippen LogP contribution in [0.25, 0.3) is 5.70 Å². The first-order chi connectivity index (χ1) is 12.6. The topological polar surface area (TPSA) is 50.8 Å². The van der Waals surface area contributed by atoms with Gasteiger partial charge in [-0.2, -0.15) is 18.7 Å². The lowest BCUT2D eigenvalue weighted by Crippen LogP contribution is -2.42. The Morgan fingerprint density at radius 1 is 1.33 bits per heavy atom. The van der Waals surface area contributed by atoms with Crippen molar-refractivity contribution in [2.75, 3.05) is 19.7 Å². The Kier molecular flexibility index (Phi) is 5.22. The molecule has 0 unspecified atom stereocenters. The highest BCUT2D eigenvalue weighted by molar-refractivity contribution is 5.91. The van der Waals surface area contributed by atoms with Crippen LogP contribution in [0, 0.1) is 0 Å². The van der Waals surface area contributed by atoms with Gasteiger partial charge in [0.1, 0.15) is 11.4 Å². The first-order valence-electron chi connectivity index (χ1n) is 8.94. The van der Waals surface area contributed by atoms with E-state index < -0.39 is 17.3 Å². The molecule has 0 radical (unpaired) electrons. The molecule has 0 bridgehead atoms. The van der Waals surface area contributed by atoms with Crippen LogP contribution in [0.4, 0.5) is 13.2 Å². The Bertz CT molecular complexity index is 772. The van der Waals surface area contributed by atoms with Gasteiger partial charge in [0.15, 0.2) is 0 Å².